The normalized spacial score (nSPS) is 11.3. The van der Waals surface area contributed by atoms with Crippen LogP contribution in [0.15, 0.2) is 24.3 Å². The first-order valence-corrected chi connectivity index (χ1v) is 3.90. The van der Waals surface area contributed by atoms with Gasteiger partial charge in [-0.1, -0.05) is 12.1 Å². The van der Waals surface area contributed by atoms with Crippen LogP contribution in [0.3, 0.4) is 0 Å². The van der Waals surface area contributed by atoms with E-state index in [1.807, 2.05) is 12.1 Å². The Hall–Kier alpha value is -1.84. The van der Waals surface area contributed by atoms with E-state index >= 15 is 0 Å². The number of nitrogens with two attached hydrogens (primary N) is 1. The standard InChI is InChI=1S/C10H9N3/c11-6-5-10(13)9-3-1-8(7-12)2-4-9/h1-4,10H,5,13H2/t10-/m1/s1. The predicted molar refractivity (Wildman–Crippen MR) is 48.3 cm³/mol. The third-order valence-corrected chi connectivity index (χ3v) is 1.78. The molecule has 0 bridgehead atoms. The van der Waals surface area contributed by atoms with Gasteiger partial charge in [-0.3, -0.25) is 0 Å². The van der Waals surface area contributed by atoms with E-state index in [1.54, 1.807) is 24.3 Å². The van der Waals surface area contributed by atoms with Crippen LogP contribution in [0.5, 0.6) is 0 Å². The molecule has 1 aromatic carbocycles. The molecule has 64 valence electrons. The van der Waals surface area contributed by atoms with Crippen LogP contribution in [0, 0.1) is 22.7 Å². The molecule has 1 aromatic rings. The van der Waals surface area contributed by atoms with Gasteiger partial charge in [-0.2, -0.15) is 10.5 Å². The molecule has 1 atom stereocenters. The molecule has 0 heterocycles. The summed E-state index contributed by atoms with van der Waals surface area (Å²) in [6, 6.07) is 10.7. The minimum Gasteiger partial charge on any atom is -0.323 e. The maximum atomic E-state index is 8.54. The quantitative estimate of drug-likeness (QED) is 0.732. The Morgan fingerprint density at radius 3 is 2.31 bits per heavy atom. The molecule has 0 saturated heterocycles. The molecule has 0 amide bonds. The first-order valence-electron chi connectivity index (χ1n) is 3.90. The summed E-state index contributed by atoms with van der Waals surface area (Å²) in [4.78, 5) is 0. The maximum Gasteiger partial charge on any atom is 0.0991 e. The first kappa shape index (κ1) is 9.25. The average molecular weight is 171 g/mol. The highest BCUT2D eigenvalue weighted by atomic mass is 14.6. The zero-order valence-corrected chi connectivity index (χ0v) is 7.07. The lowest BCUT2D eigenvalue weighted by atomic mass is 10.0. The lowest BCUT2D eigenvalue weighted by Crippen LogP contribution is -2.08. The molecular weight excluding hydrogens is 162 g/mol. The van der Waals surface area contributed by atoms with Crippen molar-refractivity contribution in [2.75, 3.05) is 0 Å². The largest absolute Gasteiger partial charge is 0.323 e. The van der Waals surface area contributed by atoms with Crippen molar-refractivity contribution in [2.24, 2.45) is 5.73 Å². The van der Waals surface area contributed by atoms with Crippen LogP contribution in [-0.2, 0) is 0 Å². The highest BCUT2D eigenvalue weighted by molar-refractivity contribution is 5.32. The summed E-state index contributed by atoms with van der Waals surface area (Å²) in [5, 5.41) is 17.0. The van der Waals surface area contributed by atoms with Gasteiger partial charge in [-0.15, -0.1) is 0 Å². The Morgan fingerprint density at radius 1 is 1.23 bits per heavy atom. The molecular formula is C10H9N3. The lowest BCUT2D eigenvalue weighted by molar-refractivity contribution is 0.748. The molecule has 0 saturated carbocycles. The molecule has 0 radical (unpaired) electrons. The Morgan fingerprint density at radius 2 is 1.85 bits per heavy atom. The molecule has 3 heteroatoms. The van der Waals surface area contributed by atoms with E-state index < -0.39 is 0 Å². The van der Waals surface area contributed by atoms with Crippen LogP contribution in [0.1, 0.15) is 23.6 Å². The van der Waals surface area contributed by atoms with E-state index in [1.165, 1.54) is 0 Å². The molecule has 1 rings (SSSR count). The van der Waals surface area contributed by atoms with Crippen molar-refractivity contribution in [3.05, 3.63) is 35.4 Å². The van der Waals surface area contributed by atoms with E-state index in [-0.39, 0.29) is 6.04 Å². The van der Waals surface area contributed by atoms with Gasteiger partial charge in [0.05, 0.1) is 24.1 Å². The van der Waals surface area contributed by atoms with Gasteiger partial charge in [0.2, 0.25) is 0 Å². The topological polar surface area (TPSA) is 73.6 Å². The van der Waals surface area contributed by atoms with Crippen molar-refractivity contribution in [2.45, 2.75) is 12.5 Å². The molecule has 0 unspecified atom stereocenters. The molecule has 0 aliphatic carbocycles. The summed E-state index contributed by atoms with van der Waals surface area (Å²) in [5.41, 5.74) is 7.19. The van der Waals surface area contributed by atoms with Crippen LogP contribution >= 0.6 is 0 Å². The highest BCUT2D eigenvalue weighted by Crippen LogP contribution is 2.13. The monoisotopic (exact) mass is 171 g/mol. The second-order valence-corrected chi connectivity index (χ2v) is 2.70. The lowest BCUT2D eigenvalue weighted by Gasteiger charge is -2.06. The first-order chi connectivity index (χ1) is 6.27. The van der Waals surface area contributed by atoms with Crippen LogP contribution in [-0.4, -0.2) is 0 Å². The fourth-order valence-electron chi connectivity index (χ4n) is 1.02. The zero-order chi connectivity index (χ0) is 9.68. The van der Waals surface area contributed by atoms with E-state index in [2.05, 4.69) is 0 Å². The number of benzene rings is 1. The third-order valence-electron chi connectivity index (χ3n) is 1.78. The van der Waals surface area contributed by atoms with Crippen molar-refractivity contribution in [1.29, 1.82) is 10.5 Å². The number of rotatable bonds is 2. The minimum atomic E-state index is -0.252. The van der Waals surface area contributed by atoms with E-state index in [0.29, 0.717) is 12.0 Å². The number of nitriles is 2. The number of hydrogen-bond acceptors (Lipinski definition) is 3. The zero-order valence-electron chi connectivity index (χ0n) is 7.07. The average Bonchev–Trinajstić information content (AvgIpc) is 2.18. The molecule has 13 heavy (non-hydrogen) atoms. The van der Waals surface area contributed by atoms with Gasteiger partial charge in [0.15, 0.2) is 0 Å². The van der Waals surface area contributed by atoms with Gasteiger partial charge in [0, 0.05) is 6.04 Å². The Bertz CT molecular complexity index is 353. The maximum absolute atomic E-state index is 8.54. The Labute approximate surface area is 77.0 Å². The summed E-state index contributed by atoms with van der Waals surface area (Å²) in [6.45, 7) is 0. The summed E-state index contributed by atoms with van der Waals surface area (Å²) in [7, 11) is 0. The summed E-state index contributed by atoms with van der Waals surface area (Å²) >= 11 is 0. The van der Waals surface area contributed by atoms with Crippen LogP contribution in [0.2, 0.25) is 0 Å². The van der Waals surface area contributed by atoms with Crippen LogP contribution < -0.4 is 5.73 Å². The van der Waals surface area contributed by atoms with Gasteiger partial charge in [-0.25, -0.2) is 0 Å². The van der Waals surface area contributed by atoms with Crippen molar-refractivity contribution < 1.29 is 0 Å². The SMILES string of the molecule is N#CC[C@@H](N)c1ccc(C#N)cc1. The molecule has 0 aliphatic rings. The fraction of sp³-hybridized carbons (Fsp3) is 0.200. The highest BCUT2D eigenvalue weighted by Gasteiger charge is 2.03. The molecule has 3 nitrogen and oxygen atoms in total. The van der Waals surface area contributed by atoms with Crippen LogP contribution in [0.25, 0.3) is 0 Å². The van der Waals surface area contributed by atoms with Crippen LogP contribution in [0.4, 0.5) is 0 Å². The smallest absolute Gasteiger partial charge is 0.0991 e. The molecule has 0 aromatic heterocycles. The van der Waals surface area contributed by atoms with Crippen molar-refractivity contribution in [3.8, 4) is 12.1 Å². The van der Waals surface area contributed by atoms with Crippen molar-refractivity contribution in [3.63, 3.8) is 0 Å². The second-order valence-electron chi connectivity index (χ2n) is 2.70. The van der Waals surface area contributed by atoms with Gasteiger partial charge < -0.3 is 5.73 Å². The van der Waals surface area contributed by atoms with E-state index in [4.69, 9.17) is 16.3 Å². The van der Waals surface area contributed by atoms with E-state index in [0.717, 1.165) is 5.56 Å². The van der Waals surface area contributed by atoms with Gasteiger partial charge >= 0.3 is 0 Å². The summed E-state index contributed by atoms with van der Waals surface area (Å²) in [6.07, 6.45) is 0.298. The Kier molecular flexibility index (Phi) is 3.03. The predicted octanol–water partition coefficient (Wildman–Crippen LogP) is 1.47. The summed E-state index contributed by atoms with van der Waals surface area (Å²) in [5.74, 6) is 0. The molecule has 0 spiro atoms. The molecule has 2 N–H and O–H groups in total. The molecule has 0 aliphatic heterocycles. The van der Waals surface area contributed by atoms with Gasteiger partial charge in [0.25, 0.3) is 0 Å². The van der Waals surface area contributed by atoms with Crippen molar-refractivity contribution >= 4 is 0 Å². The van der Waals surface area contributed by atoms with Crippen molar-refractivity contribution in [1.82, 2.24) is 0 Å². The van der Waals surface area contributed by atoms with Gasteiger partial charge in [0.1, 0.15) is 0 Å². The number of hydrogen-bond donors (Lipinski definition) is 1. The fourth-order valence-corrected chi connectivity index (χ4v) is 1.02. The van der Waals surface area contributed by atoms with Gasteiger partial charge in [-0.05, 0) is 17.7 Å². The number of nitrogens with zero attached hydrogens (tertiary/aromatic N) is 2. The second kappa shape index (κ2) is 4.25. The summed E-state index contributed by atoms with van der Waals surface area (Å²) < 4.78 is 0. The Balaban J connectivity index is 2.82. The van der Waals surface area contributed by atoms with E-state index in [9.17, 15) is 0 Å². The molecule has 0 fully saturated rings. The minimum absolute atomic E-state index is 0.252. The third kappa shape index (κ3) is 2.30.